The second-order valence-electron chi connectivity index (χ2n) is 7.70. The number of benzene rings is 3. The van der Waals surface area contributed by atoms with Gasteiger partial charge in [-0.1, -0.05) is 80.6 Å². The Hall–Kier alpha value is -3.06. The molecular weight excluding hydrogens is 326 g/mol. The normalized spacial score (nSPS) is 14.8. The van der Waals surface area contributed by atoms with Crippen LogP contribution in [0.5, 0.6) is 0 Å². The second-order valence-corrected chi connectivity index (χ2v) is 7.70. The summed E-state index contributed by atoms with van der Waals surface area (Å²) < 4.78 is 0. The van der Waals surface area contributed by atoms with Gasteiger partial charge in [0.25, 0.3) is 0 Å². The third kappa shape index (κ3) is 3.00. The van der Waals surface area contributed by atoms with Gasteiger partial charge in [-0.2, -0.15) is 0 Å². The standard InChI is InChI=1S/C26H25N/c1-5-23-18(2)26(3,4)25-17-22(15-16-24(23)25)27-21-13-11-20(12-14-21)19-9-7-6-8-10-19/h5-17,27H,1H2,2-4H3. The van der Waals surface area contributed by atoms with Crippen molar-refractivity contribution in [3.63, 3.8) is 0 Å². The zero-order valence-corrected chi connectivity index (χ0v) is 16.2. The lowest BCUT2D eigenvalue weighted by atomic mass is 9.82. The van der Waals surface area contributed by atoms with Gasteiger partial charge in [0, 0.05) is 16.8 Å². The SMILES string of the molecule is C=CC1=C(C)C(C)(C)c2cc(Nc3ccc(-c4ccccc4)cc3)ccc21. The molecule has 27 heavy (non-hydrogen) atoms. The molecule has 1 aliphatic carbocycles. The highest BCUT2D eigenvalue weighted by atomic mass is 14.9. The van der Waals surface area contributed by atoms with Crippen LogP contribution in [0.1, 0.15) is 31.9 Å². The van der Waals surface area contributed by atoms with Crippen molar-refractivity contribution in [3.05, 3.63) is 102 Å². The first kappa shape index (κ1) is 17.4. The molecule has 1 nitrogen and oxygen atoms in total. The van der Waals surface area contributed by atoms with E-state index < -0.39 is 0 Å². The Morgan fingerprint density at radius 2 is 1.44 bits per heavy atom. The summed E-state index contributed by atoms with van der Waals surface area (Å²) in [5, 5.41) is 3.55. The number of fused-ring (bicyclic) bond motifs is 1. The average Bonchev–Trinajstić information content (AvgIpc) is 2.89. The van der Waals surface area contributed by atoms with Gasteiger partial charge < -0.3 is 5.32 Å². The molecule has 3 aromatic carbocycles. The van der Waals surface area contributed by atoms with Gasteiger partial charge in [0.1, 0.15) is 0 Å². The summed E-state index contributed by atoms with van der Waals surface area (Å²) in [5.41, 5.74) is 10.0. The molecule has 134 valence electrons. The third-order valence-corrected chi connectivity index (χ3v) is 5.81. The molecule has 3 aromatic rings. The molecule has 4 rings (SSSR count). The monoisotopic (exact) mass is 351 g/mol. The van der Waals surface area contributed by atoms with Crippen LogP contribution in [-0.2, 0) is 5.41 Å². The highest BCUT2D eigenvalue weighted by Gasteiger charge is 2.34. The molecule has 0 saturated carbocycles. The van der Waals surface area contributed by atoms with Gasteiger partial charge in [0.2, 0.25) is 0 Å². The smallest absolute Gasteiger partial charge is 0.0387 e. The van der Waals surface area contributed by atoms with Crippen molar-refractivity contribution < 1.29 is 0 Å². The predicted octanol–water partition coefficient (Wildman–Crippen LogP) is 7.35. The van der Waals surface area contributed by atoms with Crippen LogP contribution >= 0.6 is 0 Å². The van der Waals surface area contributed by atoms with Crippen LogP contribution in [0.2, 0.25) is 0 Å². The number of hydrogen-bond acceptors (Lipinski definition) is 1. The van der Waals surface area contributed by atoms with Crippen molar-refractivity contribution in [2.75, 3.05) is 5.32 Å². The lowest BCUT2D eigenvalue weighted by molar-refractivity contribution is 0.639. The van der Waals surface area contributed by atoms with Gasteiger partial charge in [0.05, 0.1) is 0 Å². The second kappa shape index (κ2) is 6.59. The zero-order valence-electron chi connectivity index (χ0n) is 16.2. The van der Waals surface area contributed by atoms with E-state index in [1.165, 1.54) is 33.4 Å². The first-order chi connectivity index (χ1) is 13.0. The molecule has 0 aromatic heterocycles. The summed E-state index contributed by atoms with van der Waals surface area (Å²) >= 11 is 0. The Labute approximate surface area is 162 Å². The van der Waals surface area contributed by atoms with Gasteiger partial charge in [-0.05, 0) is 59.0 Å². The third-order valence-electron chi connectivity index (χ3n) is 5.81. The minimum absolute atomic E-state index is 0.0354. The Kier molecular flexibility index (Phi) is 4.24. The molecule has 0 spiro atoms. The fourth-order valence-corrected chi connectivity index (χ4v) is 3.92. The predicted molar refractivity (Wildman–Crippen MR) is 117 cm³/mol. The van der Waals surface area contributed by atoms with Crippen molar-refractivity contribution in [2.24, 2.45) is 0 Å². The molecule has 0 bridgehead atoms. The van der Waals surface area contributed by atoms with Gasteiger partial charge in [0.15, 0.2) is 0 Å². The summed E-state index contributed by atoms with van der Waals surface area (Å²) in [6, 6.07) is 25.7. The Morgan fingerprint density at radius 3 is 2.11 bits per heavy atom. The average molecular weight is 351 g/mol. The number of rotatable bonds is 4. The molecule has 0 unspecified atom stereocenters. The molecular formula is C26H25N. The quantitative estimate of drug-likeness (QED) is 0.518. The lowest BCUT2D eigenvalue weighted by Crippen LogP contribution is -2.15. The molecule has 1 N–H and O–H groups in total. The molecule has 0 heterocycles. The van der Waals surface area contributed by atoms with Gasteiger partial charge >= 0.3 is 0 Å². The van der Waals surface area contributed by atoms with E-state index >= 15 is 0 Å². The molecule has 0 amide bonds. The van der Waals surface area contributed by atoms with E-state index in [1.54, 1.807) is 0 Å². The van der Waals surface area contributed by atoms with Crippen molar-refractivity contribution in [1.29, 1.82) is 0 Å². The van der Waals surface area contributed by atoms with Gasteiger partial charge in [-0.25, -0.2) is 0 Å². The van der Waals surface area contributed by atoms with Crippen LogP contribution in [0, 0.1) is 0 Å². The maximum atomic E-state index is 4.01. The fourth-order valence-electron chi connectivity index (χ4n) is 3.92. The number of allylic oxidation sites excluding steroid dienone is 3. The first-order valence-electron chi connectivity index (χ1n) is 9.42. The Bertz CT molecular complexity index is 1020. The van der Waals surface area contributed by atoms with Crippen molar-refractivity contribution >= 4 is 16.9 Å². The maximum Gasteiger partial charge on any atom is 0.0387 e. The summed E-state index contributed by atoms with van der Waals surface area (Å²) in [7, 11) is 0. The largest absolute Gasteiger partial charge is 0.356 e. The van der Waals surface area contributed by atoms with Crippen molar-refractivity contribution in [2.45, 2.75) is 26.2 Å². The van der Waals surface area contributed by atoms with E-state index in [-0.39, 0.29) is 5.41 Å². The Balaban J connectivity index is 1.60. The van der Waals surface area contributed by atoms with Crippen molar-refractivity contribution in [3.8, 4) is 11.1 Å². The number of hydrogen-bond donors (Lipinski definition) is 1. The van der Waals surface area contributed by atoms with Gasteiger partial charge in [-0.3, -0.25) is 0 Å². The zero-order chi connectivity index (χ0) is 19.0. The molecule has 0 fully saturated rings. The van der Waals surface area contributed by atoms with Crippen LogP contribution in [0.15, 0.2) is 91.0 Å². The minimum Gasteiger partial charge on any atom is -0.356 e. The van der Waals surface area contributed by atoms with E-state index in [2.05, 4.69) is 99.4 Å². The number of nitrogens with one attached hydrogen (secondary N) is 1. The highest BCUT2D eigenvalue weighted by Crippen LogP contribution is 2.47. The minimum atomic E-state index is 0.0354. The molecule has 0 radical (unpaired) electrons. The summed E-state index contributed by atoms with van der Waals surface area (Å²) in [6.07, 6.45) is 1.98. The number of anilines is 2. The van der Waals surface area contributed by atoms with Crippen LogP contribution < -0.4 is 5.32 Å². The Morgan fingerprint density at radius 1 is 0.815 bits per heavy atom. The highest BCUT2D eigenvalue weighted by molar-refractivity contribution is 5.86. The van der Waals surface area contributed by atoms with Crippen LogP contribution in [0.3, 0.4) is 0 Å². The summed E-state index contributed by atoms with van der Waals surface area (Å²) in [6.45, 7) is 10.8. The topological polar surface area (TPSA) is 12.0 Å². The lowest BCUT2D eigenvalue weighted by Gasteiger charge is -2.23. The van der Waals surface area contributed by atoms with E-state index in [4.69, 9.17) is 0 Å². The molecule has 0 aliphatic heterocycles. The maximum absolute atomic E-state index is 4.01. The first-order valence-corrected chi connectivity index (χ1v) is 9.42. The van der Waals surface area contributed by atoms with Crippen LogP contribution in [-0.4, -0.2) is 0 Å². The van der Waals surface area contributed by atoms with Crippen molar-refractivity contribution in [1.82, 2.24) is 0 Å². The van der Waals surface area contributed by atoms with Crippen LogP contribution in [0.25, 0.3) is 16.7 Å². The molecule has 0 saturated heterocycles. The summed E-state index contributed by atoms with van der Waals surface area (Å²) in [4.78, 5) is 0. The van der Waals surface area contributed by atoms with Crippen LogP contribution in [0.4, 0.5) is 11.4 Å². The van der Waals surface area contributed by atoms with E-state index in [1.807, 2.05) is 12.1 Å². The summed E-state index contributed by atoms with van der Waals surface area (Å²) in [5.74, 6) is 0. The molecule has 1 aliphatic rings. The van der Waals surface area contributed by atoms with E-state index in [0.29, 0.717) is 0 Å². The molecule has 1 heteroatoms. The van der Waals surface area contributed by atoms with E-state index in [0.717, 1.165) is 11.4 Å². The van der Waals surface area contributed by atoms with E-state index in [9.17, 15) is 0 Å². The van der Waals surface area contributed by atoms with Gasteiger partial charge in [-0.15, -0.1) is 0 Å². The fraction of sp³-hybridized carbons (Fsp3) is 0.154. The molecule has 0 atom stereocenters.